The van der Waals surface area contributed by atoms with Crippen LogP contribution in [-0.4, -0.2) is 50.7 Å². The average Bonchev–Trinajstić information content (AvgIpc) is 3.05. The molecule has 0 aromatic carbocycles. The topological polar surface area (TPSA) is 27.3 Å². The average molecular weight is 239 g/mol. The van der Waals surface area contributed by atoms with E-state index in [2.05, 4.69) is 22.5 Å². The third-order valence-corrected chi connectivity index (χ3v) is 4.08. The molecule has 17 heavy (non-hydrogen) atoms. The Morgan fingerprint density at radius 3 is 2.71 bits per heavy atom. The Morgan fingerprint density at radius 2 is 1.94 bits per heavy atom. The predicted molar refractivity (Wildman–Crippen MR) is 73.3 cm³/mol. The minimum atomic E-state index is 0.942. The molecule has 0 radical (unpaired) electrons. The van der Waals surface area contributed by atoms with E-state index in [9.17, 15) is 0 Å². The molecule has 2 rings (SSSR count). The van der Waals surface area contributed by atoms with Gasteiger partial charge in [-0.2, -0.15) is 0 Å². The molecule has 2 fully saturated rings. The molecule has 2 N–H and O–H groups in total. The van der Waals surface area contributed by atoms with Crippen LogP contribution in [0.1, 0.15) is 32.6 Å². The third kappa shape index (κ3) is 5.36. The van der Waals surface area contributed by atoms with Gasteiger partial charge in [0.25, 0.3) is 0 Å². The molecule has 0 aromatic rings. The van der Waals surface area contributed by atoms with Crippen molar-refractivity contribution in [1.29, 1.82) is 0 Å². The van der Waals surface area contributed by atoms with Gasteiger partial charge in [-0.05, 0) is 63.7 Å². The van der Waals surface area contributed by atoms with Crippen molar-refractivity contribution in [3.8, 4) is 0 Å². The first kappa shape index (κ1) is 13.3. The molecular formula is C14H29N3. The van der Waals surface area contributed by atoms with Gasteiger partial charge in [0.2, 0.25) is 0 Å². The van der Waals surface area contributed by atoms with Crippen molar-refractivity contribution in [2.45, 2.75) is 32.6 Å². The Bertz CT molecular complexity index is 204. The van der Waals surface area contributed by atoms with E-state index >= 15 is 0 Å². The van der Waals surface area contributed by atoms with E-state index in [4.69, 9.17) is 0 Å². The summed E-state index contributed by atoms with van der Waals surface area (Å²) in [7, 11) is 0. The van der Waals surface area contributed by atoms with Crippen LogP contribution in [0.15, 0.2) is 0 Å². The summed E-state index contributed by atoms with van der Waals surface area (Å²) in [5, 5.41) is 7.02. The smallest absolute Gasteiger partial charge is 0.0107 e. The van der Waals surface area contributed by atoms with Gasteiger partial charge in [-0.3, -0.25) is 0 Å². The van der Waals surface area contributed by atoms with Gasteiger partial charge in [0.1, 0.15) is 0 Å². The highest BCUT2D eigenvalue weighted by molar-refractivity contribution is 4.78. The quantitative estimate of drug-likeness (QED) is 0.594. The van der Waals surface area contributed by atoms with Crippen molar-refractivity contribution in [3.63, 3.8) is 0 Å². The molecule has 1 saturated carbocycles. The fraction of sp³-hybridized carbons (Fsp3) is 1.00. The number of hydrogen-bond acceptors (Lipinski definition) is 3. The summed E-state index contributed by atoms with van der Waals surface area (Å²) in [6.45, 7) is 10.9. The Morgan fingerprint density at radius 1 is 1.06 bits per heavy atom. The molecule has 2 aliphatic rings. The SMILES string of the molecule is CCNCCC1CCN(CCNCC2CC2)C1. The van der Waals surface area contributed by atoms with Crippen molar-refractivity contribution < 1.29 is 0 Å². The number of rotatable bonds is 9. The van der Waals surface area contributed by atoms with Crippen LogP contribution >= 0.6 is 0 Å². The summed E-state index contributed by atoms with van der Waals surface area (Å²) >= 11 is 0. The first-order valence-electron chi connectivity index (χ1n) is 7.52. The second-order valence-corrected chi connectivity index (χ2v) is 5.75. The summed E-state index contributed by atoms with van der Waals surface area (Å²) in [4.78, 5) is 2.64. The van der Waals surface area contributed by atoms with Gasteiger partial charge in [-0.1, -0.05) is 6.92 Å². The monoisotopic (exact) mass is 239 g/mol. The van der Waals surface area contributed by atoms with E-state index < -0.39 is 0 Å². The van der Waals surface area contributed by atoms with E-state index in [1.165, 1.54) is 65.0 Å². The lowest BCUT2D eigenvalue weighted by Crippen LogP contribution is -2.31. The number of hydrogen-bond donors (Lipinski definition) is 2. The van der Waals surface area contributed by atoms with Crippen molar-refractivity contribution in [2.75, 3.05) is 45.8 Å². The van der Waals surface area contributed by atoms with Gasteiger partial charge in [-0.15, -0.1) is 0 Å². The lowest BCUT2D eigenvalue weighted by atomic mass is 10.1. The Labute approximate surface area is 106 Å². The van der Waals surface area contributed by atoms with Crippen LogP contribution in [-0.2, 0) is 0 Å². The molecule has 1 saturated heterocycles. The van der Waals surface area contributed by atoms with Crippen LogP contribution in [0.4, 0.5) is 0 Å². The van der Waals surface area contributed by atoms with E-state index in [0.29, 0.717) is 0 Å². The largest absolute Gasteiger partial charge is 0.317 e. The molecule has 0 spiro atoms. The summed E-state index contributed by atoms with van der Waals surface area (Å²) in [5.41, 5.74) is 0. The van der Waals surface area contributed by atoms with Crippen LogP contribution in [0, 0.1) is 11.8 Å². The summed E-state index contributed by atoms with van der Waals surface area (Å²) in [6.07, 6.45) is 5.69. The Hall–Kier alpha value is -0.120. The molecule has 0 aromatic heterocycles. The zero-order valence-corrected chi connectivity index (χ0v) is 11.4. The molecule has 1 aliphatic carbocycles. The molecule has 0 amide bonds. The van der Waals surface area contributed by atoms with Crippen LogP contribution in [0.25, 0.3) is 0 Å². The van der Waals surface area contributed by atoms with Crippen LogP contribution in [0.5, 0.6) is 0 Å². The maximum atomic E-state index is 3.59. The van der Waals surface area contributed by atoms with E-state index in [-0.39, 0.29) is 0 Å². The number of nitrogens with one attached hydrogen (secondary N) is 2. The Balaban J connectivity index is 1.45. The highest BCUT2D eigenvalue weighted by atomic mass is 15.2. The second-order valence-electron chi connectivity index (χ2n) is 5.75. The second kappa shape index (κ2) is 7.34. The minimum Gasteiger partial charge on any atom is -0.317 e. The maximum Gasteiger partial charge on any atom is 0.0107 e. The van der Waals surface area contributed by atoms with Crippen molar-refractivity contribution in [3.05, 3.63) is 0 Å². The van der Waals surface area contributed by atoms with Crippen LogP contribution in [0.2, 0.25) is 0 Å². The lowest BCUT2D eigenvalue weighted by Gasteiger charge is -2.16. The zero-order valence-electron chi connectivity index (χ0n) is 11.4. The normalized spacial score (nSPS) is 25.6. The van der Waals surface area contributed by atoms with Gasteiger partial charge in [0.15, 0.2) is 0 Å². The molecule has 1 atom stereocenters. The fourth-order valence-electron chi connectivity index (χ4n) is 2.70. The Kier molecular flexibility index (Phi) is 5.75. The highest BCUT2D eigenvalue weighted by Gasteiger charge is 2.22. The number of likely N-dealkylation sites (tertiary alicyclic amines) is 1. The van der Waals surface area contributed by atoms with E-state index in [1.54, 1.807) is 0 Å². The lowest BCUT2D eigenvalue weighted by molar-refractivity contribution is 0.317. The highest BCUT2D eigenvalue weighted by Crippen LogP contribution is 2.27. The van der Waals surface area contributed by atoms with Gasteiger partial charge in [0.05, 0.1) is 0 Å². The van der Waals surface area contributed by atoms with E-state index in [1.807, 2.05) is 0 Å². The zero-order chi connectivity index (χ0) is 11.9. The van der Waals surface area contributed by atoms with Crippen LogP contribution < -0.4 is 10.6 Å². The summed E-state index contributed by atoms with van der Waals surface area (Å²) < 4.78 is 0. The van der Waals surface area contributed by atoms with Crippen molar-refractivity contribution in [2.24, 2.45) is 11.8 Å². The molecular weight excluding hydrogens is 210 g/mol. The minimum absolute atomic E-state index is 0.942. The van der Waals surface area contributed by atoms with Gasteiger partial charge in [-0.25, -0.2) is 0 Å². The van der Waals surface area contributed by atoms with Gasteiger partial charge >= 0.3 is 0 Å². The summed E-state index contributed by atoms with van der Waals surface area (Å²) in [6, 6.07) is 0. The molecule has 1 aliphatic heterocycles. The maximum absolute atomic E-state index is 3.59. The van der Waals surface area contributed by atoms with Crippen LogP contribution in [0.3, 0.4) is 0 Å². The van der Waals surface area contributed by atoms with E-state index in [0.717, 1.165) is 18.4 Å². The third-order valence-electron chi connectivity index (χ3n) is 4.08. The van der Waals surface area contributed by atoms with Gasteiger partial charge in [0, 0.05) is 19.6 Å². The molecule has 100 valence electrons. The van der Waals surface area contributed by atoms with Crippen molar-refractivity contribution in [1.82, 2.24) is 15.5 Å². The first-order valence-corrected chi connectivity index (χ1v) is 7.52. The number of nitrogens with zero attached hydrogens (tertiary/aromatic N) is 1. The molecule has 0 bridgehead atoms. The molecule has 1 heterocycles. The molecule has 1 unspecified atom stereocenters. The molecule has 3 heteroatoms. The summed E-state index contributed by atoms with van der Waals surface area (Å²) in [5.74, 6) is 1.96. The fourth-order valence-corrected chi connectivity index (χ4v) is 2.70. The standard InChI is InChI=1S/C14H29N3/c1-2-15-7-5-14-6-9-17(12-14)10-8-16-11-13-3-4-13/h13-16H,2-12H2,1H3. The predicted octanol–water partition coefficient (Wildman–Crippen LogP) is 1.31. The van der Waals surface area contributed by atoms with Gasteiger partial charge < -0.3 is 15.5 Å². The molecule has 3 nitrogen and oxygen atoms in total. The first-order chi connectivity index (χ1) is 8.38. The van der Waals surface area contributed by atoms with Crippen molar-refractivity contribution >= 4 is 0 Å².